The molecule has 2 saturated carbocycles. The summed E-state index contributed by atoms with van der Waals surface area (Å²) >= 11 is 1.31. The molecular weight excluding hydrogens is 510 g/mol. The van der Waals surface area contributed by atoms with Crippen LogP contribution >= 0.6 is 11.9 Å². The average Bonchev–Trinajstić information content (AvgIpc) is 3.81. The van der Waals surface area contributed by atoms with Gasteiger partial charge in [-0.05, 0) is 81.0 Å². The third-order valence-electron chi connectivity index (χ3n) is 8.29. The van der Waals surface area contributed by atoms with Crippen molar-refractivity contribution < 1.29 is 18.7 Å². The van der Waals surface area contributed by atoms with Gasteiger partial charge >= 0.3 is 0 Å². The molecule has 4 fully saturated rings. The number of anilines is 4. The van der Waals surface area contributed by atoms with Gasteiger partial charge in [0.15, 0.2) is 0 Å². The molecule has 2 aliphatic heterocycles. The molecule has 1 amide bonds. The van der Waals surface area contributed by atoms with Crippen LogP contribution in [0.1, 0.15) is 67.4 Å². The second kappa shape index (κ2) is 9.51. The number of carbonyl (C=O) groups is 1. The van der Waals surface area contributed by atoms with Crippen molar-refractivity contribution in [3.63, 3.8) is 0 Å². The van der Waals surface area contributed by atoms with E-state index in [0.29, 0.717) is 22.5 Å². The molecule has 38 heavy (non-hydrogen) atoms. The highest BCUT2D eigenvalue weighted by Crippen LogP contribution is 2.54. The van der Waals surface area contributed by atoms with Gasteiger partial charge in [-0.3, -0.25) is 10.1 Å². The quantitative estimate of drug-likeness (QED) is 0.324. The number of hydrogen-bond acceptors (Lipinski definition) is 8. The zero-order valence-corrected chi connectivity index (χ0v) is 22.4. The van der Waals surface area contributed by atoms with Crippen LogP contribution in [0.5, 0.6) is 0 Å². The van der Waals surface area contributed by atoms with E-state index in [0.717, 1.165) is 50.1 Å². The van der Waals surface area contributed by atoms with E-state index in [4.69, 9.17) is 0 Å². The molecule has 6 rings (SSSR count). The predicted octanol–water partition coefficient (Wildman–Crippen LogP) is 5.20. The Hall–Kier alpha value is -2.66. The molecule has 0 radical (unpaired) electrons. The zero-order chi connectivity index (χ0) is 26.5. The van der Waals surface area contributed by atoms with E-state index in [1.54, 1.807) is 19.1 Å². The van der Waals surface area contributed by atoms with Gasteiger partial charge in [-0.15, -0.1) is 0 Å². The maximum atomic E-state index is 13.6. The van der Waals surface area contributed by atoms with Gasteiger partial charge in [0, 0.05) is 56.5 Å². The minimum atomic E-state index is -2.64. The van der Waals surface area contributed by atoms with Gasteiger partial charge in [-0.1, -0.05) is 0 Å². The highest BCUT2D eigenvalue weighted by Gasteiger charge is 2.45. The Labute approximate surface area is 225 Å². The summed E-state index contributed by atoms with van der Waals surface area (Å²) in [5.74, 6) is -2.25. The summed E-state index contributed by atoms with van der Waals surface area (Å²) in [6, 6.07) is 7.39. The number of halogens is 2. The van der Waals surface area contributed by atoms with Gasteiger partial charge < -0.3 is 19.6 Å². The number of rotatable bonds is 7. The van der Waals surface area contributed by atoms with Crippen LogP contribution < -0.4 is 19.8 Å². The van der Waals surface area contributed by atoms with E-state index >= 15 is 0 Å². The predicted molar refractivity (Wildman–Crippen MR) is 146 cm³/mol. The highest BCUT2D eigenvalue weighted by molar-refractivity contribution is 8.02. The molecule has 4 aliphatic rings. The number of nitrogens with zero attached hydrogens (tertiary/aromatic N) is 4. The molecule has 3 N–H and O–H groups in total. The molecule has 1 aromatic heterocycles. The molecule has 1 spiro atoms. The number of aryl methyl sites for hydroxylation is 1. The second-order valence-electron chi connectivity index (χ2n) is 11.4. The molecule has 2 aromatic rings. The maximum absolute atomic E-state index is 13.6. The molecule has 0 atom stereocenters. The summed E-state index contributed by atoms with van der Waals surface area (Å²) in [4.78, 5) is 25.8. The first-order chi connectivity index (χ1) is 18.1. The van der Waals surface area contributed by atoms with Gasteiger partial charge in [-0.2, -0.15) is 4.98 Å². The van der Waals surface area contributed by atoms with Crippen molar-refractivity contribution in [3.05, 3.63) is 35.5 Å². The van der Waals surface area contributed by atoms with E-state index in [9.17, 15) is 18.7 Å². The molecule has 8 nitrogen and oxygen atoms in total. The normalized spacial score (nSPS) is 22.7. The van der Waals surface area contributed by atoms with Gasteiger partial charge in [0.2, 0.25) is 5.95 Å². The first kappa shape index (κ1) is 25.6. The first-order valence-corrected chi connectivity index (χ1v) is 14.3. The molecule has 1 aromatic carbocycles. The Morgan fingerprint density at radius 1 is 0.947 bits per heavy atom. The van der Waals surface area contributed by atoms with E-state index in [1.165, 1.54) is 24.8 Å². The van der Waals surface area contributed by atoms with Crippen molar-refractivity contribution in [3.8, 4) is 0 Å². The summed E-state index contributed by atoms with van der Waals surface area (Å²) < 4.78 is 30.5. The smallest absolute Gasteiger partial charge is 0.260 e. The lowest BCUT2D eigenvalue weighted by atomic mass is 9.93. The monoisotopic (exact) mass is 544 g/mol. The van der Waals surface area contributed by atoms with Crippen molar-refractivity contribution in [2.75, 3.05) is 46.0 Å². The maximum Gasteiger partial charge on any atom is 0.260 e. The summed E-state index contributed by atoms with van der Waals surface area (Å²) in [5, 5.41) is 13.1. The van der Waals surface area contributed by atoms with Crippen LogP contribution in [-0.2, 0) is 0 Å². The molecular formula is C27H34F2N6O2S. The van der Waals surface area contributed by atoms with Crippen LogP contribution in [0.4, 0.5) is 31.9 Å². The minimum Gasteiger partial charge on any atom is -0.378 e. The molecule has 0 bridgehead atoms. The van der Waals surface area contributed by atoms with Crippen molar-refractivity contribution in [1.29, 1.82) is 0 Å². The standard InChI is InChI=1S/C27H34F2N6O2S/c1-18-16-22(35-14-10-26(28,29)11-15-35)31-24(30-18)32-23(36)20-3-2-19(33-38-27(37)6-7-27)17-21(20)34-12-8-25(4-5-25)9-13-34/h2-3,16-17,33,37H,4-15H2,1H3,(H,30,31,32,36). The molecule has 11 heteroatoms. The van der Waals surface area contributed by atoms with Crippen LogP contribution in [-0.4, -0.2) is 58.0 Å². The number of amides is 1. The summed E-state index contributed by atoms with van der Waals surface area (Å²) in [6.45, 7) is 4.01. The average molecular weight is 545 g/mol. The van der Waals surface area contributed by atoms with Crippen molar-refractivity contribution in [2.24, 2.45) is 5.41 Å². The number of aliphatic hydroxyl groups is 1. The van der Waals surface area contributed by atoms with Gasteiger partial charge in [0.1, 0.15) is 10.8 Å². The number of aromatic nitrogens is 2. The Morgan fingerprint density at radius 2 is 1.63 bits per heavy atom. The van der Waals surface area contributed by atoms with E-state index in [-0.39, 0.29) is 37.8 Å². The highest BCUT2D eigenvalue weighted by atomic mass is 32.2. The number of benzene rings is 1. The zero-order valence-electron chi connectivity index (χ0n) is 21.6. The summed E-state index contributed by atoms with van der Waals surface area (Å²) in [6.07, 6.45) is 5.95. The Balaban J connectivity index is 1.22. The molecule has 3 heterocycles. The number of piperidine rings is 2. The Bertz CT molecular complexity index is 1220. The first-order valence-electron chi connectivity index (χ1n) is 13.5. The summed E-state index contributed by atoms with van der Waals surface area (Å²) in [7, 11) is 0. The van der Waals surface area contributed by atoms with Gasteiger partial charge in [-0.25, -0.2) is 13.8 Å². The Kier molecular flexibility index (Phi) is 6.41. The number of carbonyl (C=O) groups excluding carboxylic acids is 1. The fourth-order valence-electron chi connectivity index (χ4n) is 5.31. The van der Waals surface area contributed by atoms with E-state index < -0.39 is 10.9 Å². The molecule has 2 aliphatic carbocycles. The molecule has 2 saturated heterocycles. The fraction of sp³-hybridized carbons (Fsp3) is 0.593. The number of nitrogens with one attached hydrogen (secondary N) is 2. The van der Waals surface area contributed by atoms with E-state index in [1.807, 2.05) is 17.0 Å². The van der Waals surface area contributed by atoms with Gasteiger partial charge in [0.25, 0.3) is 11.8 Å². The Morgan fingerprint density at radius 3 is 2.29 bits per heavy atom. The van der Waals surface area contributed by atoms with Gasteiger partial charge in [0.05, 0.1) is 11.3 Å². The van der Waals surface area contributed by atoms with Crippen molar-refractivity contribution >= 4 is 41.0 Å². The van der Waals surface area contributed by atoms with Crippen LogP contribution in [0.3, 0.4) is 0 Å². The lowest BCUT2D eigenvalue weighted by Gasteiger charge is -2.35. The topological polar surface area (TPSA) is 93.6 Å². The van der Waals surface area contributed by atoms with Crippen LogP contribution in [0, 0.1) is 12.3 Å². The van der Waals surface area contributed by atoms with E-state index in [2.05, 4.69) is 24.9 Å². The summed E-state index contributed by atoms with van der Waals surface area (Å²) in [5.41, 5.74) is 3.37. The fourth-order valence-corrected chi connectivity index (χ4v) is 6.05. The van der Waals surface area contributed by atoms with Crippen LogP contribution in [0.15, 0.2) is 24.3 Å². The molecule has 0 unspecified atom stereocenters. The largest absolute Gasteiger partial charge is 0.378 e. The lowest BCUT2D eigenvalue weighted by Crippen LogP contribution is -2.40. The van der Waals surface area contributed by atoms with Crippen LogP contribution in [0.2, 0.25) is 0 Å². The number of hydrogen-bond donors (Lipinski definition) is 3. The number of alkyl halides is 2. The van der Waals surface area contributed by atoms with Crippen LogP contribution in [0.25, 0.3) is 0 Å². The minimum absolute atomic E-state index is 0.164. The SMILES string of the molecule is Cc1cc(N2CCC(F)(F)CC2)nc(NC(=O)c2ccc(NSC3(O)CC3)cc2N2CCC3(CC2)CC3)n1. The second-order valence-corrected chi connectivity index (χ2v) is 12.5. The molecule has 204 valence electrons. The third kappa shape index (κ3) is 5.68. The lowest BCUT2D eigenvalue weighted by molar-refractivity contribution is -0.0221. The third-order valence-corrected chi connectivity index (χ3v) is 9.41. The van der Waals surface area contributed by atoms with Crippen molar-refractivity contribution in [1.82, 2.24) is 9.97 Å². The van der Waals surface area contributed by atoms with Crippen molar-refractivity contribution in [2.45, 2.75) is 69.1 Å².